The Morgan fingerprint density at radius 1 is 1.10 bits per heavy atom. The van der Waals surface area contributed by atoms with Gasteiger partial charge in [-0.05, 0) is 25.0 Å². The van der Waals surface area contributed by atoms with Crippen LogP contribution in [0, 0.1) is 5.41 Å². The zero-order chi connectivity index (χ0) is 15.5. The summed E-state index contributed by atoms with van der Waals surface area (Å²) in [6.45, 7) is 4.08. The van der Waals surface area contributed by atoms with Crippen LogP contribution in [0.4, 0.5) is 11.4 Å². The number of para-hydroxylation sites is 2. The fourth-order valence-corrected chi connectivity index (χ4v) is 2.66. The Labute approximate surface area is 127 Å². The minimum Gasteiger partial charge on any atom is -0.322 e. The number of hydrogen-bond donors (Lipinski definition) is 2. The normalized spacial score (nSPS) is 16.4. The molecule has 114 valence electrons. The van der Waals surface area contributed by atoms with Gasteiger partial charge in [0.2, 0.25) is 11.7 Å². The minimum absolute atomic E-state index is 0.136. The lowest BCUT2D eigenvalue weighted by molar-refractivity contribution is -0.464. The molecular formula is C17H26N3O+. The fraction of sp³-hybridized carbons (Fsp3) is 0.529. The summed E-state index contributed by atoms with van der Waals surface area (Å²) in [6, 6.07) is 7.85. The Bertz CT molecular complexity index is 553. The highest BCUT2D eigenvalue weighted by molar-refractivity contribution is 6.01. The maximum Gasteiger partial charge on any atom is 0.246 e. The average molecular weight is 288 g/mol. The SMILES string of the molecule is CC(Nc1ccccc1NC(=O)C1(C)CCCC1)=[N+](C)C. The van der Waals surface area contributed by atoms with Crippen LogP contribution in [0.25, 0.3) is 0 Å². The molecule has 0 saturated heterocycles. The number of nitrogens with one attached hydrogen (secondary N) is 2. The van der Waals surface area contributed by atoms with E-state index in [1.54, 1.807) is 0 Å². The zero-order valence-corrected chi connectivity index (χ0v) is 13.5. The van der Waals surface area contributed by atoms with Crippen molar-refractivity contribution in [1.29, 1.82) is 0 Å². The van der Waals surface area contributed by atoms with Crippen molar-refractivity contribution in [2.24, 2.45) is 5.41 Å². The van der Waals surface area contributed by atoms with E-state index in [-0.39, 0.29) is 11.3 Å². The monoisotopic (exact) mass is 288 g/mol. The van der Waals surface area contributed by atoms with Gasteiger partial charge in [-0.15, -0.1) is 0 Å². The van der Waals surface area contributed by atoms with Crippen LogP contribution in [0.5, 0.6) is 0 Å². The van der Waals surface area contributed by atoms with E-state index in [0.29, 0.717) is 0 Å². The molecule has 0 aromatic heterocycles. The summed E-state index contributed by atoms with van der Waals surface area (Å²) in [5, 5.41) is 6.45. The highest BCUT2D eigenvalue weighted by atomic mass is 16.2. The van der Waals surface area contributed by atoms with Gasteiger partial charge in [0.15, 0.2) is 0 Å². The van der Waals surface area contributed by atoms with Crippen LogP contribution in [0.15, 0.2) is 24.3 Å². The van der Waals surface area contributed by atoms with E-state index in [1.807, 2.05) is 49.9 Å². The van der Waals surface area contributed by atoms with Gasteiger partial charge in [-0.3, -0.25) is 9.37 Å². The second kappa shape index (κ2) is 6.29. The Morgan fingerprint density at radius 2 is 1.62 bits per heavy atom. The van der Waals surface area contributed by atoms with Crippen LogP contribution in [-0.2, 0) is 4.79 Å². The largest absolute Gasteiger partial charge is 0.322 e. The van der Waals surface area contributed by atoms with Gasteiger partial charge in [0, 0.05) is 12.3 Å². The molecule has 0 radical (unpaired) electrons. The van der Waals surface area contributed by atoms with Crippen molar-refractivity contribution in [1.82, 2.24) is 0 Å². The van der Waals surface area contributed by atoms with Gasteiger partial charge in [0.05, 0.1) is 19.8 Å². The molecule has 0 unspecified atom stereocenters. The molecule has 0 heterocycles. The first-order valence-corrected chi connectivity index (χ1v) is 7.61. The Balaban J connectivity index is 2.17. The number of amidine groups is 1. The van der Waals surface area contributed by atoms with Crippen molar-refractivity contribution in [3.8, 4) is 0 Å². The predicted octanol–water partition coefficient (Wildman–Crippen LogP) is 3.31. The number of benzene rings is 1. The first kappa shape index (κ1) is 15.5. The molecule has 0 bridgehead atoms. The minimum atomic E-state index is -0.215. The van der Waals surface area contributed by atoms with Gasteiger partial charge in [-0.25, -0.2) is 5.32 Å². The second-order valence-corrected chi connectivity index (χ2v) is 6.37. The van der Waals surface area contributed by atoms with E-state index < -0.39 is 0 Å². The summed E-state index contributed by atoms with van der Waals surface area (Å²) >= 11 is 0. The molecule has 1 fully saturated rings. The molecule has 1 aromatic rings. The van der Waals surface area contributed by atoms with Crippen LogP contribution < -0.4 is 10.6 Å². The summed E-state index contributed by atoms with van der Waals surface area (Å²) in [5.41, 5.74) is 1.56. The smallest absolute Gasteiger partial charge is 0.246 e. The Kier molecular flexibility index (Phi) is 4.66. The number of nitrogens with zero attached hydrogens (tertiary/aromatic N) is 1. The molecule has 1 amide bonds. The maximum absolute atomic E-state index is 12.6. The average Bonchev–Trinajstić information content (AvgIpc) is 2.89. The lowest BCUT2D eigenvalue weighted by Crippen LogP contribution is -2.31. The van der Waals surface area contributed by atoms with Gasteiger partial charge in [0.1, 0.15) is 5.69 Å². The second-order valence-electron chi connectivity index (χ2n) is 6.37. The molecule has 4 heteroatoms. The molecule has 21 heavy (non-hydrogen) atoms. The highest BCUT2D eigenvalue weighted by Gasteiger charge is 2.36. The van der Waals surface area contributed by atoms with Crippen molar-refractivity contribution < 1.29 is 9.37 Å². The van der Waals surface area contributed by atoms with E-state index in [1.165, 1.54) is 0 Å². The summed E-state index contributed by atoms with van der Waals surface area (Å²) in [7, 11) is 3.98. The van der Waals surface area contributed by atoms with E-state index in [4.69, 9.17) is 0 Å². The molecule has 0 atom stereocenters. The molecule has 1 aliphatic rings. The van der Waals surface area contributed by atoms with Crippen molar-refractivity contribution in [2.45, 2.75) is 39.5 Å². The Hall–Kier alpha value is -1.84. The van der Waals surface area contributed by atoms with Crippen LogP contribution >= 0.6 is 0 Å². The van der Waals surface area contributed by atoms with E-state index >= 15 is 0 Å². The standard InChI is InChI=1S/C17H25N3O/c1-13(20(3)4)18-14-9-5-6-10-15(14)19-16(21)17(2)11-7-8-12-17/h5-6,9-10H,7-8,11-12H2,1-4H3,(H,19,21)/p+1. The topological polar surface area (TPSA) is 44.1 Å². The fourth-order valence-electron chi connectivity index (χ4n) is 2.66. The first-order chi connectivity index (χ1) is 9.92. The number of carbonyl (C=O) groups is 1. The lowest BCUT2D eigenvalue weighted by atomic mass is 9.88. The molecule has 2 rings (SSSR count). The quantitative estimate of drug-likeness (QED) is 0.509. The van der Waals surface area contributed by atoms with Gasteiger partial charge >= 0.3 is 0 Å². The van der Waals surface area contributed by atoms with Crippen LogP contribution in [0.1, 0.15) is 39.5 Å². The van der Waals surface area contributed by atoms with Gasteiger partial charge in [0.25, 0.3) is 0 Å². The third-order valence-electron chi connectivity index (χ3n) is 4.42. The molecule has 1 aliphatic carbocycles. The third-order valence-corrected chi connectivity index (χ3v) is 4.42. The number of carbonyl (C=O) groups excluding carboxylic acids is 1. The van der Waals surface area contributed by atoms with Crippen molar-refractivity contribution in [3.05, 3.63) is 24.3 Å². The molecule has 0 aliphatic heterocycles. The van der Waals surface area contributed by atoms with Crippen molar-refractivity contribution in [2.75, 3.05) is 24.7 Å². The number of amides is 1. The summed E-state index contributed by atoms with van der Waals surface area (Å²) in [5.74, 6) is 1.17. The number of anilines is 2. The van der Waals surface area contributed by atoms with E-state index in [0.717, 1.165) is 42.9 Å². The molecule has 1 saturated carbocycles. The lowest BCUT2D eigenvalue weighted by Gasteiger charge is -2.22. The highest BCUT2D eigenvalue weighted by Crippen LogP contribution is 2.39. The van der Waals surface area contributed by atoms with Crippen LogP contribution in [0.3, 0.4) is 0 Å². The Morgan fingerprint density at radius 3 is 2.14 bits per heavy atom. The molecule has 1 aromatic carbocycles. The summed E-state index contributed by atoms with van der Waals surface area (Å²) < 4.78 is 2.01. The zero-order valence-electron chi connectivity index (χ0n) is 13.5. The van der Waals surface area contributed by atoms with Gasteiger partial charge in [-0.1, -0.05) is 31.9 Å². The summed E-state index contributed by atoms with van der Waals surface area (Å²) in [6.07, 6.45) is 4.27. The van der Waals surface area contributed by atoms with Crippen molar-refractivity contribution in [3.63, 3.8) is 0 Å². The molecular weight excluding hydrogens is 262 g/mol. The number of rotatable bonds is 3. The van der Waals surface area contributed by atoms with Crippen molar-refractivity contribution >= 4 is 23.1 Å². The van der Waals surface area contributed by atoms with Crippen LogP contribution in [0.2, 0.25) is 0 Å². The number of hydrogen-bond acceptors (Lipinski definition) is 1. The molecule has 2 N–H and O–H groups in total. The molecule has 0 spiro atoms. The third kappa shape index (κ3) is 3.63. The first-order valence-electron chi connectivity index (χ1n) is 7.61. The molecule has 4 nitrogen and oxygen atoms in total. The van der Waals surface area contributed by atoms with Gasteiger partial charge < -0.3 is 5.32 Å². The predicted molar refractivity (Wildman–Crippen MR) is 88.1 cm³/mol. The van der Waals surface area contributed by atoms with E-state index in [9.17, 15) is 4.79 Å². The van der Waals surface area contributed by atoms with Gasteiger partial charge in [-0.2, -0.15) is 0 Å². The van der Waals surface area contributed by atoms with E-state index in [2.05, 4.69) is 17.6 Å². The maximum atomic E-state index is 12.6. The van der Waals surface area contributed by atoms with Crippen LogP contribution in [-0.4, -0.2) is 30.4 Å². The summed E-state index contributed by atoms with van der Waals surface area (Å²) in [4.78, 5) is 12.6.